The molecule has 1 saturated carbocycles. The summed E-state index contributed by atoms with van der Waals surface area (Å²) in [6.45, 7) is 2.62. The molecule has 1 unspecified atom stereocenters. The molecule has 1 saturated heterocycles. The average molecular weight is 356 g/mol. The van der Waals surface area contributed by atoms with Crippen molar-refractivity contribution >= 4 is 11.9 Å². The smallest absolute Gasteiger partial charge is 0.270 e. The lowest BCUT2D eigenvalue weighted by molar-refractivity contribution is 0.0868. The first-order valence-electron chi connectivity index (χ1n) is 9.23. The maximum atomic E-state index is 12.6. The van der Waals surface area contributed by atoms with E-state index in [0.717, 1.165) is 38.9 Å². The molecule has 8 nitrogen and oxygen atoms in total. The van der Waals surface area contributed by atoms with Crippen LogP contribution in [0.15, 0.2) is 30.7 Å². The molecule has 2 fully saturated rings. The van der Waals surface area contributed by atoms with Crippen molar-refractivity contribution in [1.82, 2.24) is 25.1 Å². The molecule has 2 N–H and O–H groups in total. The normalized spacial score (nSPS) is 25.6. The van der Waals surface area contributed by atoms with Gasteiger partial charge < -0.3 is 15.3 Å². The number of anilines is 1. The second kappa shape index (κ2) is 7.41. The second-order valence-electron chi connectivity index (χ2n) is 7.15. The van der Waals surface area contributed by atoms with Crippen LogP contribution in [0.2, 0.25) is 0 Å². The maximum Gasteiger partial charge on any atom is 0.270 e. The highest BCUT2D eigenvalue weighted by molar-refractivity contribution is 5.92. The fourth-order valence-corrected chi connectivity index (χ4v) is 3.88. The van der Waals surface area contributed by atoms with E-state index in [-0.39, 0.29) is 11.9 Å². The Balaban J connectivity index is 1.37. The highest BCUT2D eigenvalue weighted by Crippen LogP contribution is 2.27. The van der Waals surface area contributed by atoms with Crippen LogP contribution in [-0.4, -0.2) is 56.0 Å². The molecule has 4 rings (SSSR count). The van der Waals surface area contributed by atoms with Crippen LogP contribution in [0.1, 0.15) is 36.2 Å². The van der Waals surface area contributed by atoms with Crippen molar-refractivity contribution in [2.45, 2.75) is 44.4 Å². The molecular formula is C18H24N6O2. The minimum Gasteiger partial charge on any atom is -0.391 e. The number of aliphatic hydroxyl groups is 1. The molecule has 1 aliphatic heterocycles. The quantitative estimate of drug-likeness (QED) is 0.824. The first-order valence-corrected chi connectivity index (χ1v) is 9.23. The molecule has 2 aromatic rings. The maximum absolute atomic E-state index is 12.6. The third-order valence-electron chi connectivity index (χ3n) is 5.21. The average Bonchev–Trinajstić information content (AvgIpc) is 3.39. The molecule has 2 aliphatic rings. The molecule has 0 spiro atoms. The number of hydrogen-bond acceptors (Lipinski definition) is 6. The summed E-state index contributed by atoms with van der Waals surface area (Å²) < 4.78 is 1.87. The molecule has 26 heavy (non-hydrogen) atoms. The Morgan fingerprint density at radius 1 is 1.27 bits per heavy atom. The first kappa shape index (κ1) is 17.0. The zero-order valence-electron chi connectivity index (χ0n) is 14.7. The Morgan fingerprint density at radius 3 is 2.88 bits per heavy atom. The van der Waals surface area contributed by atoms with Gasteiger partial charge in [-0.15, -0.1) is 0 Å². The number of nitrogens with zero attached hydrogens (tertiary/aromatic N) is 5. The third-order valence-corrected chi connectivity index (χ3v) is 5.21. The van der Waals surface area contributed by atoms with Crippen LogP contribution in [0, 0.1) is 5.92 Å². The Hall–Kier alpha value is -2.48. The van der Waals surface area contributed by atoms with Gasteiger partial charge in [0.15, 0.2) is 0 Å². The van der Waals surface area contributed by atoms with E-state index in [1.54, 1.807) is 18.5 Å². The molecule has 3 heterocycles. The van der Waals surface area contributed by atoms with Gasteiger partial charge in [-0.3, -0.25) is 9.48 Å². The molecule has 2 aromatic heterocycles. The molecule has 0 radical (unpaired) electrons. The van der Waals surface area contributed by atoms with Gasteiger partial charge in [-0.2, -0.15) is 5.10 Å². The summed E-state index contributed by atoms with van der Waals surface area (Å²) in [5.41, 5.74) is 0.352. The predicted molar refractivity (Wildman–Crippen MR) is 95.7 cm³/mol. The largest absolute Gasteiger partial charge is 0.391 e. The van der Waals surface area contributed by atoms with E-state index in [0.29, 0.717) is 24.0 Å². The van der Waals surface area contributed by atoms with Crippen LogP contribution in [-0.2, 0) is 6.54 Å². The predicted octanol–water partition coefficient (Wildman–Crippen LogP) is 0.843. The van der Waals surface area contributed by atoms with Crippen LogP contribution in [0.3, 0.4) is 0 Å². The molecule has 138 valence electrons. The Bertz CT molecular complexity index is 744. The van der Waals surface area contributed by atoms with E-state index in [1.165, 1.54) is 0 Å². The number of aliphatic hydroxyl groups excluding tert-OH is 1. The number of rotatable bonds is 5. The van der Waals surface area contributed by atoms with E-state index in [4.69, 9.17) is 0 Å². The molecule has 1 amide bonds. The van der Waals surface area contributed by atoms with Gasteiger partial charge in [-0.05, 0) is 43.7 Å². The molecule has 0 bridgehead atoms. The molecule has 3 atom stereocenters. The number of hydrogen-bond donors (Lipinski definition) is 2. The van der Waals surface area contributed by atoms with Gasteiger partial charge in [0.25, 0.3) is 5.91 Å². The van der Waals surface area contributed by atoms with Crippen LogP contribution < -0.4 is 10.2 Å². The summed E-state index contributed by atoms with van der Waals surface area (Å²) >= 11 is 0. The van der Waals surface area contributed by atoms with Gasteiger partial charge in [-0.25, -0.2) is 9.97 Å². The summed E-state index contributed by atoms with van der Waals surface area (Å²) in [6, 6.07) is 3.25. The SMILES string of the molecule is O=C(N[C@@H]1CC(Cn2cccn2)C[C@H]1O)c1ccnc(N2CCCC2)n1. The Kier molecular flexibility index (Phi) is 4.83. The van der Waals surface area contributed by atoms with E-state index >= 15 is 0 Å². The molecule has 0 aromatic carbocycles. The Labute approximate surface area is 152 Å². The summed E-state index contributed by atoms with van der Waals surface area (Å²) in [7, 11) is 0. The third kappa shape index (κ3) is 3.70. The lowest BCUT2D eigenvalue weighted by Crippen LogP contribution is -2.40. The summed E-state index contributed by atoms with van der Waals surface area (Å²) in [6.07, 6.45) is 8.40. The number of carbonyl (C=O) groups is 1. The fraction of sp³-hybridized carbons (Fsp3) is 0.556. The van der Waals surface area contributed by atoms with Crippen LogP contribution >= 0.6 is 0 Å². The van der Waals surface area contributed by atoms with Crippen molar-refractivity contribution in [1.29, 1.82) is 0 Å². The topological polar surface area (TPSA) is 96.2 Å². The van der Waals surface area contributed by atoms with Gasteiger partial charge in [0.1, 0.15) is 5.69 Å². The number of amides is 1. The molecule has 8 heteroatoms. The monoisotopic (exact) mass is 356 g/mol. The number of carbonyl (C=O) groups excluding carboxylic acids is 1. The van der Waals surface area contributed by atoms with E-state index in [2.05, 4.69) is 25.3 Å². The highest BCUT2D eigenvalue weighted by atomic mass is 16.3. The standard InChI is InChI=1S/C18H24N6O2/c25-16-11-13(12-24-9-3-5-20-24)10-15(16)21-17(26)14-4-6-19-18(22-14)23-7-1-2-8-23/h3-6,9,13,15-16,25H,1-2,7-8,10-12H2,(H,21,26)/t13?,15-,16-/m1/s1. The van der Waals surface area contributed by atoms with Crippen LogP contribution in [0.5, 0.6) is 0 Å². The van der Waals surface area contributed by atoms with E-state index in [9.17, 15) is 9.90 Å². The van der Waals surface area contributed by atoms with E-state index < -0.39 is 6.10 Å². The zero-order chi connectivity index (χ0) is 17.9. The van der Waals surface area contributed by atoms with Gasteiger partial charge >= 0.3 is 0 Å². The number of aromatic nitrogens is 4. The van der Waals surface area contributed by atoms with Gasteiger partial charge in [-0.1, -0.05) is 0 Å². The van der Waals surface area contributed by atoms with Crippen molar-refractivity contribution in [3.8, 4) is 0 Å². The van der Waals surface area contributed by atoms with Gasteiger partial charge in [0.05, 0.1) is 12.1 Å². The summed E-state index contributed by atoms with van der Waals surface area (Å²) in [5, 5.41) is 17.5. The van der Waals surface area contributed by atoms with Crippen molar-refractivity contribution in [3.05, 3.63) is 36.4 Å². The van der Waals surface area contributed by atoms with Gasteiger partial charge in [0.2, 0.25) is 5.95 Å². The lowest BCUT2D eigenvalue weighted by Gasteiger charge is -2.18. The molecular weight excluding hydrogens is 332 g/mol. The fourth-order valence-electron chi connectivity index (χ4n) is 3.88. The van der Waals surface area contributed by atoms with Crippen molar-refractivity contribution in [3.63, 3.8) is 0 Å². The van der Waals surface area contributed by atoms with Crippen LogP contribution in [0.4, 0.5) is 5.95 Å². The van der Waals surface area contributed by atoms with Crippen molar-refractivity contribution in [2.24, 2.45) is 5.92 Å². The molecule has 1 aliphatic carbocycles. The summed E-state index contributed by atoms with van der Waals surface area (Å²) in [5.74, 6) is 0.649. The summed E-state index contributed by atoms with van der Waals surface area (Å²) in [4.78, 5) is 23.4. The van der Waals surface area contributed by atoms with Gasteiger partial charge in [0, 0.05) is 38.2 Å². The van der Waals surface area contributed by atoms with Crippen molar-refractivity contribution < 1.29 is 9.90 Å². The number of nitrogens with one attached hydrogen (secondary N) is 1. The Morgan fingerprint density at radius 2 is 2.12 bits per heavy atom. The minimum atomic E-state index is -0.542. The van der Waals surface area contributed by atoms with E-state index in [1.807, 2.05) is 16.9 Å². The lowest BCUT2D eigenvalue weighted by atomic mass is 10.1. The first-order chi connectivity index (χ1) is 12.7. The zero-order valence-corrected chi connectivity index (χ0v) is 14.7. The second-order valence-corrected chi connectivity index (χ2v) is 7.15. The minimum absolute atomic E-state index is 0.253. The van der Waals surface area contributed by atoms with Crippen molar-refractivity contribution in [2.75, 3.05) is 18.0 Å². The van der Waals surface area contributed by atoms with Crippen LogP contribution in [0.25, 0.3) is 0 Å². The highest BCUT2D eigenvalue weighted by Gasteiger charge is 2.34.